The molecule has 2 aromatic carbocycles. The van der Waals surface area contributed by atoms with Crippen molar-refractivity contribution in [2.45, 2.75) is 39.3 Å². The Balaban J connectivity index is 1.49. The van der Waals surface area contributed by atoms with Crippen molar-refractivity contribution in [3.63, 3.8) is 0 Å². The van der Waals surface area contributed by atoms with Crippen molar-refractivity contribution in [1.29, 1.82) is 0 Å². The topological polar surface area (TPSA) is 65.7 Å². The Labute approximate surface area is 220 Å². The van der Waals surface area contributed by atoms with Gasteiger partial charge >= 0.3 is 6.09 Å². The Morgan fingerprint density at radius 3 is 2.54 bits per heavy atom. The van der Waals surface area contributed by atoms with Crippen molar-refractivity contribution in [3.05, 3.63) is 81.4 Å². The summed E-state index contributed by atoms with van der Waals surface area (Å²) in [6, 6.07) is 14.9. The van der Waals surface area contributed by atoms with Crippen LogP contribution in [0.3, 0.4) is 0 Å². The van der Waals surface area contributed by atoms with Crippen LogP contribution in [0.2, 0.25) is 5.02 Å². The number of aromatic nitrogens is 2. The number of ether oxygens (including phenoxy) is 2. The number of rotatable bonds is 3. The second kappa shape index (κ2) is 9.30. The Bertz CT molecular complexity index is 1580. The quantitative estimate of drug-likeness (QED) is 0.335. The number of carbonyl (C=O) groups is 1. The van der Waals surface area contributed by atoms with E-state index >= 15 is 0 Å². The van der Waals surface area contributed by atoms with Crippen LogP contribution in [-0.4, -0.2) is 39.4 Å². The van der Waals surface area contributed by atoms with Gasteiger partial charge in [-0.1, -0.05) is 17.7 Å². The molecule has 0 bridgehead atoms. The van der Waals surface area contributed by atoms with Crippen LogP contribution in [0.5, 0.6) is 5.75 Å². The second-order valence-corrected chi connectivity index (χ2v) is 10.7. The first-order chi connectivity index (χ1) is 17.6. The fraction of sp³-hybridized carbons (Fsp3) is 0.310. The largest absolute Gasteiger partial charge is 0.496 e. The molecule has 0 fully saturated rings. The Kier molecular flexibility index (Phi) is 6.28. The molecule has 1 aliphatic heterocycles. The molecule has 1 aliphatic rings. The molecular formula is C29H30ClN3O4. The van der Waals surface area contributed by atoms with Crippen molar-refractivity contribution >= 4 is 28.6 Å². The van der Waals surface area contributed by atoms with E-state index in [1.165, 1.54) is 5.69 Å². The molecule has 0 radical (unpaired) electrons. The molecule has 7 nitrogen and oxygen atoms in total. The molecule has 37 heavy (non-hydrogen) atoms. The van der Waals surface area contributed by atoms with E-state index in [1.54, 1.807) is 41.0 Å². The molecule has 4 aromatic rings. The number of carbonyl (C=O) groups excluding carboxylic acids is 1. The van der Waals surface area contributed by atoms with Crippen LogP contribution in [0, 0.1) is 0 Å². The number of methoxy groups -OCH3 is 1. The molecule has 2 aromatic heterocycles. The molecule has 0 N–H and O–H groups in total. The van der Waals surface area contributed by atoms with Gasteiger partial charge in [-0.3, -0.25) is 9.36 Å². The molecule has 3 heterocycles. The van der Waals surface area contributed by atoms with Gasteiger partial charge < -0.3 is 18.9 Å². The second-order valence-electron chi connectivity index (χ2n) is 10.3. The molecule has 0 saturated heterocycles. The van der Waals surface area contributed by atoms with Crippen molar-refractivity contribution in [2.24, 2.45) is 7.05 Å². The summed E-state index contributed by atoms with van der Waals surface area (Å²) < 4.78 is 14.8. The Morgan fingerprint density at radius 1 is 1.05 bits per heavy atom. The first-order valence-corrected chi connectivity index (χ1v) is 12.6. The summed E-state index contributed by atoms with van der Waals surface area (Å²) in [5.41, 5.74) is 4.99. The minimum atomic E-state index is -0.535. The zero-order chi connectivity index (χ0) is 26.5. The molecule has 1 amide bonds. The van der Waals surface area contributed by atoms with Crippen LogP contribution in [-0.2, 0) is 24.8 Å². The molecule has 5 rings (SSSR count). The highest BCUT2D eigenvalue weighted by Gasteiger charge is 2.29. The number of amides is 1. The van der Waals surface area contributed by atoms with Crippen LogP contribution in [0.15, 0.2) is 59.5 Å². The summed E-state index contributed by atoms with van der Waals surface area (Å²) in [4.78, 5) is 27.6. The molecule has 0 spiro atoms. The van der Waals surface area contributed by atoms with Gasteiger partial charge in [-0.05, 0) is 62.7 Å². The third-order valence-electron chi connectivity index (χ3n) is 6.71. The Morgan fingerprint density at radius 2 is 1.84 bits per heavy atom. The standard InChI is InChI=1S/C29H30ClN3O4/c1-29(2,3)37-28(35)32-12-11-24-23(17-32)22-9-7-20(16-25(22)31(24)4)33-13-10-18(14-27(33)34)21-8-6-19(30)15-26(21)36-5/h6-10,13-16H,11-12,17H2,1-5H3. The van der Waals surface area contributed by atoms with Crippen LogP contribution in [0.1, 0.15) is 32.0 Å². The fourth-order valence-corrected chi connectivity index (χ4v) is 5.12. The first kappa shape index (κ1) is 25.0. The molecule has 0 saturated carbocycles. The SMILES string of the molecule is COc1cc(Cl)ccc1-c1ccn(-c2ccc3c4c(n(C)c3c2)CCN(C(=O)OC(C)(C)C)C4)c(=O)c1. The molecule has 0 aliphatic carbocycles. The van der Waals surface area contributed by atoms with Crippen molar-refractivity contribution in [1.82, 2.24) is 14.0 Å². The van der Waals surface area contributed by atoms with Crippen LogP contribution in [0.4, 0.5) is 4.79 Å². The first-order valence-electron chi connectivity index (χ1n) is 12.2. The molecule has 192 valence electrons. The smallest absolute Gasteiger partial charge is 0.410 e. The summed E-state index contributed by atoms with van der Waals surface area (Å²) in [6.07, 6.45) is 2.22. The van der Waals surface area contributed by atoms with Gasteiger partial charge in [0, 0.05) is 59.5 Å². The van der Waals surface area contributed by atoms with Crippen molar-refractivity contribution < 1.29 is 14.3 Å². The monoisotopic (exact) mass is 519 g/mol. The van der Waals surface area contributed by atoms with Gasteiger partial charge in [0.15, 0.2) is 0 Å². The number of hydrogen-bond donors (Lipinski definition) is 0. The number of hydrogen-bond acceptors (Lipinski definition) is 4. The van der Waals surface area contributed by atoms with Gasteiger partial charge in [0.25, 0.3) is 5.56 Å². The van der Waals surface area contributed by atoms with Crippen LogP contribution in [0.25, 0.3) is 27.7 Å². The summed E-state index contributed by atoms with van der Waals surface area (Å²) in [5.74, 6) is 0.612. The summed E-state index contributed by atoms with van der Waals surface area (Å²) >= 11 is 6.09. The average Bonchev–Trinajstić information content (AvgIpc) is 3.13. The highest BCUT2D eigenvalue weighted by atomic mass is 35.5. The van der Waals surface area contributed by atoms with E-state index in [9.17, 15) is 9.59 Å². The minimum absolute atomic E-state index is 0.149. The van der Waals surface area contributed by atoms with E-state index in [-0.39, 0.29) is 11.7 Å². The number of pyridine rings is 1. The lowest BCUT2D eigenvalue weighted by Crippen LogP contribution is -2.40. The zero-order valence-corrected chi connectivity index (χ0v) is 22.4. The highest BCUT2D eigenvalue weighted by molar-refractivity contribution is 6.30. The normalized spacial score (nSPS) is 13.5. The van der Waals surface area contributed by atoms with E-state index < -0.39 is 5.60 Å². The van der Waals surface area contributed by atoms with Crippen LogP contribution >= 0.6 is 11.6 Å². The summed E-state index contributed by atoms with van der Waals surface area (Å²) in [5, 5.41) is 1.65. The predicted octanol–water partition coefficient (Wildman–Crippen LogP) is 5.95. The molecule has 8 heteroatoms. The van der Waals surface area contributed by atoms with Gasteiger partial charge in [-0.25, -0.2) is 4.79 Å². The molecule has 0 unspecified atom stereocenters. The van der Waals surface area contributed by atoms with Gasteiger partial charge in [0.2, 0.25) is 0 Å². The Hall–Kier alpha value is -3.71. The third-order valence-corrected chi connectivity index (χ3v) is 6.95. The van der Waals surface area contributed by atoms with Crippen LogP contribution < -0.4 is 10.3 Å². The van der Waals surface area contributed by atoms with Crippen molar-refractivity contribution in [2.75, 3.05) is 13.7 Å². The number of fused-ring (bicyclic) bond motifs is 3. The molecule has 0 atom stereocenters. The van der Waals surface area contributed by atoms with E-state index in [0.717, 1.165) is 39.7 Å². The van der Waals surface area contributed by atoms with Gasteiger partial charge in [0.1, 0.15) is 11.4 Å². The number of nitrogens with zero attached hydrogens (tertiary/aromatic N) is 3. The number of aryl methyl sites for hydroxylation is 1. The van der Waals surface area contributed by atoms with Gasteiger partial charge in [-0.15, -0.1) is 0 Å². The number of benzene rings is 2. The highest BCUT2D eigenvalue weighted by Crippen LogP contribution is 2.33. The van der Waals surface area contributed by atoms with Gasteiger partial charge in [0.05, 0.1) is 24.9 Å². The lowest BCUT2D eigenvalue weighted by molar-refractivity contribution is 0.0223. The third kappa shape index (κ3) is 4.71. The van der Waals surface area contributed by atoms with Crippen molar-refractivity contribution in [3.8, 4) is 22.6 Å². The predicted molar refractivity (Wildman–Crippen MR) is 146 cm³/mol. The van der Waals surface area contributed by atoms with E-state index in [2.05, 4.69) is 4.57 Å². The minimum Gasteiger partial charge on any atom is -0.496 e. The lowest BCUT2D eigenvalue weighted by Gasteiger charge is -2.30. The summed E-state index contributed by atoms with van der Waals surface area (Å²) in [6.45, 7) is 6.73. The van der Waals surface area contributed by atoms with E-state index in [1.807, 2.05) is 58.2 Å². The fourth-order valence-electron chi connectivity index (χ4n) is 4.96. The molecular weight excluding hydrogens is 490 g/mol. The van der Waals surface area contributed by atoms with E-state index in [0.29, 0.717) is 23.9 Å². The maximum atomic E-state index is 13.2. The van der Waals surface area contributed by atoms with Gasteiger partial charge in [-0.2, -0.15) is 0 Å². The zero-order valence-electron chi connectivity index (χ0n) is 21.7. The lowest BCUT2D eigenvalue weighted by atomic mass is 10.0. The summed E-state index contributed by atoms with van der Waals surface area (Å²) in [7, 11) is 3.62. The average molecular weight is 520 g/mol. The van der Waals surface area contributed by atoms with E-state index in [4.69, 9.17) is 21.1 Å². The maximum Gasteiger partial charge on any atom is 0.410 e. The number of halogens is 1. The maximum absolute atomic E-state index is 13.2.